The molecule has 0 atom stereocenters. The Morgan fingerprint density at radius 2 is 1.88 bits per heavy atom. The topological polar surface area (TPSA) is 119 Å². The molecule has 1 amide bonds. The van der Waals surface area contributed by atoms with Gasteiger partial charge in [0.1, 0.15) is 0 Å². The molecule has 1 aliphatic rings. The summed E-state index contributed by atoms with van der Waals surface area (Å²) in [6.45, 7) is 0. The van der Waals surface area contributed by atoms with Crippen molar-refractivity contribution in [1.29, 1.82) is 0 Å². The molecule has 8 heteroatoms. The minimum atomic E-state index is -1.11. The van der Waals surface area contributed by atoms with Crippen molar-refractivity contribution in [2.75, 3.05) is 0 Å². The fraction of sp³-hybridized carbons (Fsp3) is 0. The number of nitrogens with zero attached hydrogens (tertiary/aromatic N) is 1. The normalized spacial score (nSPS) is 17.0. The largest absolute Gasteiger partial charge is 0.504 e. The number of para-hydroxylation sites is 1. The van der Waals surface area contributed by atoms with Crippen molar-refractivity contribution in [2.24, 2.45) is 4.99 Å². The zero-order chi connectivity index (χ0) is 18.0. The highest BCUT2D eigenvalue weighted by molar-refractivity contribution is 8.18. The van der Waals surface area contributed by atoms with Crippen LogP contribution < -0.4 is 5.32 Å². The number of hydrogen-bond acceptors (Lipinski definition) is 6. The third-order valence-electron chi connectivity index (χ3n) is 3.30. The van der Waals surface area contributed by atoms with E-state index in [-0.39, 0.29) is 33.8 Å². The molecule has 0 unspecified atom stereocenters. The minimum Gasteiger partial charge on any atom is -0.504 e. The van der Waals surface area contributed by atoms with Crippen LogP contribution in [0.15, 0.2) is 52.4 Å². The van der Waals surface area contributed by atoms with E-state index in [4.69, 9.17) is 5.11 Å². The van der Waals surface area contributed by atoms with Gasteiger partial charge in [0.25, 0.3) is 5.91 Å². The summed E-state index contributed by atoms with van der Waals surface area (Å²) in [6.07, 6.45) is 1.53. The van der Waals surface area contributed by atoms with Crippen LogP contribution in [0.1, 0.15) is 15.9 Å². The number of phenolic OH excluding ortho intramolecular Hbond substituents is 2. The van der Waals surface area contributed by atoms with Crippen molar-refractivity contribution in [3.63, 3.8) is 0 Å². The molecule has 1 fully saturated rings. The van der Waals surface area contributed by atoms with Gasteiger partial charge < -0.3 is 20.6 Å². The lowest BCUT2D eigenvalue weighted by atomic mass is 10.2. The Bertz CT molecular complexity index is 936. The van der Waals surface area contributed by atoms with Gasteiger partial charge in [-0.15, -0.1) is 0 Å². The maximum atomic E-state index is 12.0. The Kier molecular flexibility index (Phi) is 4.44. The number of hydrogen-bond donors (Lipinski definition) is 4. The number of carbonyl (C=O) groups is 2. The van der Waals surface area contributed by atoms with E-state index in [9.17, 15) is 19.8 Å². The van der Waals surface area contributed by atoms with Crippen LogP contribution in [0.3, 0.4) is 0 Å². The first-order valence-electron chi connectivity index (χ1n) is 7.08. The van der Waals surface area contributed by atoms with E-state index in [1.165, 1.54) is 24.3 Å². The van der Waals surface area contributed by atoms with Gasteiger partial charge in [-0.3, -0.25) is 4.79 Å². The summed E-state index contributed by atoms with van der Waals surface area (Å²) in [4.78, 5) is 27.8. The van der Waals surface area contributed by atoms with Crippen LogP contribution in [-0.2, 0) is 4.79 Å². The molecule has 2 aromatic rings. The lowest BCUT2D eigenvalue weighted by molar-refractivity contribution is -0.115. The molecule has 3 rings (SSSR count). The quantitative estimate of drug-likeness (QED) is 0.496. The van der Waals surface area contributed by atoms with Gasteiger partial charge in [0.05, 0.1) is 16.2 Å². The van der Waals surface area contributed by atoms with Gasteiger partial charge in [0.2, 0.25) is 0 Å². The van der Waals surface area contributed by atoms with Crippen LogP contribution in [0.25, 0.3) is 6.08 Å². The van der Waals surface area contributed by atoms with E-state index in [2.05, 4.69) is 10.3 Å². The SMILES string of the molecule is O=C1NC(=Nc2ccccc2C(=O)O)S/C1=C\c1ccc(O)c(O)c1. The van der Waals surface area contributed by atoms with E-state index in [1.807, 2.05) is 0 Å². The molecule has 0 aliphatic carbocycles. The summed E-state index contributed by atoms with van der Waals surface area (Å²) >= 11 is 1.05. The Hall–Kier alpha value is -3.26. The van der Waals surface area contributed by atoms with E-state index >= 15 is 0 Å². The monoisotopic (exact) mass is 356 g/mol. The number of phenols is 2. The molecule has 4 N–H and O–H groups in total. The average molecular weight is 356 g/mol. The fourth-order valence-corrected chi connectivity index (χ4v) is 2.96. The molecule has 0 spiro atoms. The molecule has 25 heavy (non-hydrogen) atoms. The van der Waals surface area contributed by atoms with Crippen LogP contribution >= 0.6 is 11.8 Å². The van der Waals surface area contributed by atoms with Crippen molar-refractivity contribution in [3.05, 3.63) is 58.5 Å². The Morgan fingerprint density at radius 3 is 2.60 bits per heavy atom. The van der Waals surface area contributed by atoms with Crippen LogP contribution in [0.5, 0.6) is 11.5 Å². The third-order valence-corrected chi connectivity index (χ3v) is 4.21. The Morgan fingerprint density at radius 1 is 1.12 bits per heavy atom. The Labute approximate surface area is 146 Å². The van der Waals surface area contributed by atoms with Gasteiger partial charge >= 0.3 is 5.97 Å². The van der Waals surface area contributed by atoms with E-state index in [1.54, 1.807) is 24.3 Å². The van der Waals surface area contributed by atoms with E-state index < -0.39 is 5.97 Å². The number of carbonyl (C=O) groups excluding carboxylic acids is 1. The van der Waals surface area contributed by atoms with Crippen molar-refractivity contribution >= 4 is 40.6 Å². The smallest absolute Gasteiger partial charge is 0.337 e. The molecule has 0 radical (unpaired) electrons. The summed E-state index contributed by atoms with van der Waals surface area (Å²) in [7, 11) is 0. The van der Waals surface area contributed by atoms with Crippen molar-refractivity contribution < 1.29 is 24.9 Å². The average Bonchev–Trinajstić information content (AvgIpc) is 2.90. The van der Waals surface area contributed by atoms with Gasteiger partial charge in [-0.1, -0.05) is 18.2 Å². The summed E-state index contributed by atoms with van der Waals surface area (Å²) in [6, 6.07) is 10.4. The highest BCUT2D eigenvalue weighted by Crippen LogP contribution is 2.31. The molecule has 0 aromatic heterocycles. The zero-order valence-corrected chi connectivity index (χ0v) is 13.4. The van der Waals surface area contributed by atoms with E-state index in [0.717, 1.165) is 11.8 Å². The lowest BCUT2D eigenvalue weighted by Gasteiger charge is -2.01. The van der Waals surface area contributed by atoms with Crippen LogP contribution in [0.4, 0.5) is 5.69 Å². The number of aromatic hydroxyl groups is 2. The number of benzene rings is 2. The van der Waals surface area contributed by atoms with Crippen molar-refractivity contribution in [2.45, 2.75) is 0 Å². The predicted octanol–water partition coefficient (Wildman–Crippen LogP) is 2.69. The molecular weight excluding hydrogens is 344 g/mol. The van der Waals surface area contributed by atoms with E-state index in [0.29, 0.717) is 10.5 Å². The Balaban J connectivity index is 1.89. The van der Waals surface area contributed by atoms with Crippen LogP contribution in [0.2, 0.25) is 0 Å². The lowest BCUT2D eigenvalue weighted by Crippen LogP contribution is -2.19. The van der Waals surface area contributed by atoms with Gasteiger partial charge in [0, 0.05) is 0 Å². The van der Waals surface area contributed by atoms with Crippen LogP contribution in [0, 0.1) is 0 Å². The maximum absolute atomic E-state index is 12.0. The number of amidine groups is 1. The molecule has 0 bridgehead atoms. The minimum absolute atomic E-state index is 0.0331. The highest BCUT2D eigenvalue weighted by atomic mass is 32.2. The predicted molar refractivity (Wildman–Crippen MR) is 94.0 cm³/mol. The number of thioether (sulfide) groups is 1. The second-order valence-corrected chi connectivity index (χ2v) is 6.08. The number of rotatable bonds is 3. The van der Waals surface area contributed by atoms with Crippen molar-refractivity contribution in [1.82, 2.24) is 5.32 Å². The second kappa shape index (κ2) is 6.70. The molecule has 7 nitrogen and oxygen atoms in total. The molecule has 0 saturated carbocycles. The molecule has 1 saturated heterocycles. The third kappa shape index (κ3) is 3.64. The number of aliphatic imine (C=N–C) groups is 1. The summed E-state index contributed by atoms with van der Waals surface area (Å²) in [5.74, 6) is -2.03. The van der Waals surface area contributed by atoms with Gasteiger partial charge in [-0.25, -0.2) is 9.79 Å². The first-order valence-corrected chi connectivity index (χ1v) is 7.89. The molecule has 1 aliphatic heterocycles. The number of aromatic carboxylic acids is 1. The number of carboxylic acid groups (broad SMARTS) is 1. The number of carboxylic acids is 1. The second-order valence-electron chi connectivity index (χ2n) is 5.05. The van der Waals surface area contributed by atoms with Gasteiger partial charge in [-0.05, 0) is 47.7 Å². The summed E-state index contributed by atoms with van der Waals surface area (Å²) < 4.78 is 0. The number of amides is 1. The first-order chi connectivity index (χ1) is 11.9. The fourth-order valence-electron chi connectivity index (χ4n) is 2.12. The molecule has 126 valence electrons. The van der Waals surface area contributed by atoms with Gasteiger partial charge in [0.15, 0.2) is 16.7 Å². The standard InChI is InChI=1S/C17H12N2O5S/c20-12-6-5-9(7-13(12)21)8-14-15(22)19-17(25-14)18-11-4-2-1-3-10(11)16(23)24/h1-8,20-21H,(H,23,24)(H,18,19,22)/b14-8-. The first kappa shape index (κ1) is 16.6. The van der Waals surface area contributed by atoms with Crippen LogP contribution in [-0.4, -0.2) is 32.4 Å². The zero-order valence-electron chi connectivity index (χ0n) is 12.6. The van der Waals surface area contributed by atoms with Gasteiger partial charge in [-0.2, -0.15) is 0 Å². The molecule has 1 heterocycles. The summed E-state index contributed by atoms with van der Waals surface area (Å²) in [5, 5.41) is 30.8. The van der Waals surface area contributed by atoms with Crippen molar-refractivity contribution in [3.8, 4) is 11.5 Å². The molecule has 2 aromatic carbocycles. The summed E-state index contributed by atoms with van der Waals surface area (Å²) in [5.41, 5.74) is 0.798. The highest BCUT2D eigenvalue weighted by Gasteiger charge is 2.24. The number of nitrogens with one attached hydrogen (secondary N) is 1. The molecular formula is C17H12N2O5S. The maximum Gasteiger partial charge on any atom is 0.337 e.